The van der Waals surface area contributed by atoms with Gasteiger partial charge in [-0.05, 0) is 39.0 Å². The van der Waals surface area contributed by atoms with E-state index in [2.05, 4.69) is 35.7 Å². The number of hydrogen-bond donors (Lipinski definition) is 0. The lowest BCUT2D eigenvalue weighted by Crippen LogP contribution is -2.19. The van der Waals surface area contributed by atoms with Gasteiger partial charge < -0.3 is 0 Å². The fourth-order valence-corrected chi connectivity index (χ4v) is 2.38. The van der Waals surface area contributed by atoms with Crippen LogP contribution in [0.2, 0.25) is 0 Å². The second-order valence-electron chi connectivity index (χ2n) is 4.48. The highest BCUT2D eigenvalue weighted by Crippen LogP contribution is 2.28. The van der Waals surface area contributed by atoms with Gasteiger partial charge in [-0.15, -0.1) is 0 Å². The van der Waals surface area contributed by atoms with Crippen LogP contribution in [-0.4, -0.2) is 21.8 Å². The van der Waals surface area contributed by atoms with Crippen LogP contribution in [0, 0.1) is 0 Å². The van der Waals surface area contributed by atoms with Gasteiger partial charge in [-0.25, -0.2) is 9.99 Å². The molecular formula is C14H16N4. The quantitative estimate of drug-likeness (QED) is 0.767. The van der Waals surface area contributed by atoms with Crippen molar-refractivity contribution in [2.24, 2.45) is 5.10 Å². The maximum absolute atomic E-state index is 4.69. The molecule has 0 aliphatic carbocycles. The van der Waals surface area contributed by atoms with E-state index in [4.69, 9.17) is 4.98 Å². The lowest BCUT2D eigenvalue weighted by Gasteiger charge is -2.16. The molecule has 1 aromatic heterocycles. The van der Waals surface area contributed by atoms with E-state index in [1.165, 1.54) is 0 Å². The minimum atomic E-state index is 0.807. The summed E-state index contributed by atoms with van der Waals surface area (Å²) < 4.78 is 2.17. The van der Waals surface area contributed by atoms with Gasteiger partial charge in [0, 0.05) is 12.2 Å². The maximum Gasteiger partial charge on any atom is 0.231 e. The number of fused-ring (bicyclic) bond motifs is 3. The summed E-state index contributed by atoms with van der Waals surface area (Å²) in [6, 6.07) is 8.19. The van der Waals surface area contributed by atoms with Crippen LogP contribution < -0.4 is 5.01 Å². The van der Waals surface area contributed by atoms with E-state index < -0.39 is 0 Å². The molecule has 0 N–H and O–H groups in total. The Bertz CT molecular complexity index is 663. The summed E-state index contributed by atoms with van der Waals surface area (Å²) in [7, 11) is 0. The highest BCUT2D eigenvalue weighted by atomic mass is 15.5. The standard InChI is InChI=1S/C14H16N4/c1-4-17-14-15-12-7-5-6-8-13(12)18(14)11(3)9-10(2)16-17/h5-9H,4H2,1-3H3. The zero-order valence-electron chi connectivity index (χ0n) is 10.9. The topological polar surface area (TPSA) is 33.4 Å². The number of imidazole rings is 1. The van der Waals surface area contributed by atoms with Crippen LogP contribution >= 0.6 is 0 Å². The van der Waals surface area contributed by atoms with Crippen LogP contribution in [0.4, 0.5) is 5.95 Å². The van der Waals surface area contributed by atoms with E-state index in [-0.39, 0.29) is 0 Å². The maximum atomic E-state index is 4.69. The lowest BCUT2D eigenvalue weighted by atomic mass is 10.3. The van der Waals surface area contributed by atoms with Crippen molar-refractivity contribution < 1.29 is 0 Å². The van der Waals surface area contributed by atoms with Crippen LogP contribution in [0.25, 0.3) is 16.7 Å². The Kier molecular flexibility index (Phi) is 2.44. The number of hydrazone groups is 1. The second kappa shape index (κ2) is 3.98. The molecule has 1 aliphatic heterocycles. The molecule has 4 nitrogen and oxygen atoms in total. The molecule has 0 fully saturated rings. The molecule has 18 heavy (non-hydrogen) atoms. The third kappa shape index (κ3) is 1.53. The molecule has 0 spiro atoms. The SMILES string of the molecule is CCN1N=C(C)C=C(C)n2c1nc1ccccc12. The monoisotopic (exact) mass is 240 g/mol. The van der Waals surface area contributed by atoms with E-state index in [9.17, 15) is 0 Å². The van der Waals surface area contributed by atoms with Gasteiger partial charge in [-0.1, -0.05) is 12.1 Å². The van der Waals surface area contributed by atoms with Gasteiger partial charge in [0.25, 0.3) is 0 Å². The minimum absolute atomic E-state index is 0.807. The van der Waals surface area contributed by atoms with Gasteiger partial charge in [0.15, 0.2) is 0 Å². The van der Waals surface area contributed by atoms with Crippen molar-refractivity contribution in [3.8, 4) is 0 Å². The molecule has 1 aliphatic rings. The number of aromatic nitrogens is 2. The summed E-state index contributed by atoms with van der Waals surface area (Å²) in [5.74, 6) is 0.893. The molecule has 0 saturated carbocycles. The van der Waals surface area contributed by atoms with Crippen molar-refractivity contribution >= 4 is 28.4 Å². The van der Waals surface area contributed by atoms with Crippen LogP contribution in [0.15, 0.2) is 35.4 Å². The fourth-order valence-electron chi connectivity index (χ4n) is 2.38. The number of anilines is 1. The van der Waals surface area contributed by atoms with E-state index >= 15 is 0 Å². The lowest BCUT2D eigenvalue weighted by molar-refractivity contribution is 0.839. The zero-order valence-corrected chi connectivity index (χ0v) is 10.9. The van der Waals surface area contributed by atoms with Gasteiger partial charge >= 0.3 is 0 Å². The molecule has 0 saturated heterocycles. The number of hydrogen-bond acceptors (Lipinski definition) is 3. The third-order valence-corrected chi connectivity index (χ3v) is 3.12. The predicted octanol–water partition coefficient (Wildman–Crippen LogP) is 3.11. The first kappa shape index (κ1) is 11.0. The summed E-state index contributed by atoms with van der Waals surface area (Å²) in [6.07, 6.45) is 2.09. The highest BCUT2D eigenvalue weighted by molar-refractivity contribution is 5.99. The molecule has 0 radical (unpaired) electrons. The Morgan fingerprint density at radius 2 is 1.94 bits per heavy atom. The van der Waals surface area contributed by atoms with Crippen molar-refractivity contribution in [1.29, 1.82) is 0 Å². The Morgan fingerprint density at radius 3 is 2.72 bits per heavy atom. The highest BCUT2D eigenvalue weighted by Gasteiger charge is 2.18. The van der Waals surface area contributed by atoms with Crippen LogP contribution in [0.5, 0.6) is 0 Å². The van der Waals surface area contributed by atoms with Crippen molar-refractivity contribution in [2.45, 2.75) is 20.8 Å². The number of allylic oxidation sites excluding steroid dienone is 2. The van der Waals surface area contributed by atoms with Gasteiger partial charge in [0.05, 0.1) is 16.7 Å². The molecule has 0 bridgehead atoms. The summed E-state index contributed by atoms with van der Waals surface area (Å²) in [5.41, 5.74) is 4.29. The number of benzene rings is 1. The van der Waals surface area contributed by atoms with E-state index in [0.717, 1.165) is 34.9 Å². The van der Waals surface area contributed by atoms with E-state index in [1.54, 1.807) is 0 Å². The smallest absolute Gasteiger partial charge is 0.231 e. The molecule has 0 unspecified atom stereocenters. The molecule has 0 amide bonds. The number of rotatable bonds is 1. The Labute approximate surface area is 106 Å². The summed E-state index contributed by atoms with van der Waals surface area (Å²) in [4.78, 5) is 4.69. The van der Waals surface area contributed by atoms with Crippen molar-refractivity contribution in [2.75, 3.05) is 11.6 Å². The third-order valence-electron chi connectivity index (χ3n) is 3.12. The average Bonchev–Trinajstić information content (AvgIpc) is 2.69. The van der Waals surface area contributed by atoms with Gasteiger partial charge in [-0.2, -0.15) is 5.10 Å². The molecule has 92 valence electrons. The Morgan fingerprint density at radius 1 is 1.17 bits per heavy atom. The molecule has 1 aromatic carbocycles. The summed E-state index contributed by atoms with van der Waals surface area (Å²) in [6.45, 7) is 7.00. The minimum Gasteiger partial charge on any atom is -0.281 e. The molecule has 2 heterocycles. The summed E-state index contributed by atoms with van der Waals surface area (Å²) in [5, 5.41) is 6.52. The largest absolute Gasteiger partial charge is 0.281 e. The van der Waals surface area contributed by atoms with Gasteiger partial charge in [0.2, 0.25) is 5.95 Å². The van der Waals surface area contributed by atoms with Crippen LogP contribution in [0.1, 0.15) is 20.8 Å². The first-order chi connectivity index (χ1) is 8.70. The summed E-state index contributed by atoms with van der Waals surface area (Å²) >= 11 is 0. The molecule has 4 heteroatoms. The molecular weight excluding hydrogens is 224 g/mol. The van der Waals surface area contributed by atoms with Crippen molar-refractivity contribution in [1.82, 2.24) is 9.55 Å². The fraction of sp³-hybridized carbons (Fsp3) is 0.286. The average molecular weight is 240 g/mol. The normalized spacial score (nSPS) is 15.2. The van der Waals surface area contributed by atoms with Crippen LogP contribution in [-0.2, 0) is 0 Å². The van der Waals surface area contributed by atoms with Crippen molar-refractivity contribution in [3.05, 3.63) is 30.3 Å². The first-order valence-corrected chi connectivity index (χ1v) is 6.19. The van der Waals surface area contributed by atoms with Gasteiger partial charge in [0.1, 0.15) is 0 Å². The van der Waals surface area contributed by atoms with E-state index in [1.807, 2.05) is 30.1 Å². The molecule has 0 atom stereocenters. The number of nitrogens with zero attached hydrogens (tertiary/aromatic N) is 4. The Balaban J connectivity index is 2.35. The Hall–Kier alpha value is -2.10. The van der Waals surface area contributed by atoms with E-state index in [0.29, 0.717) is 0 Å². The van der Waals surface area contributed by atoms with Gasteiger partial charge in [-0.3, -0.25) is 4.57 Å². The van der Waals surface area contributed by atoms with Crippen molar-refractivity contribution in [3.63, 3.8) is 0 Å². The molecule has 3 rings (SSSR count). The van der Waals surface area contributed by atoms with Crippen LogP contribution in [0.3, 0.4) is 0 Å². The zero-order chi connectivity index (χ0) is 12.7. The molecule has 2 aromatic rings. The predicted molar refractivity (Wildman–Crippen MR) is 75.8 cm³/mol. The first-order valence-electron chi connectivity index (χ1n) is 6.19. The number of para-hydroxylation sites is 2. The second-order valence-corrected chi connectivity index (χ2v) is 4.48.